The van der Waals surface area contributed by atoms with Gasteiger partial charge in [-0.05, 0) is 19.4 Å². The summed E-state index contributed by atoms with van der Waals surface area (Å²) >= 11 is 0. The Labute approximate surface area is 76.4 Å². The van der Waals surface area contributed by atoms with E-state index in [1.807, 2.05) is 0 Å². The van der Waals surface area contributed by atoms with Crippen molar-refractivity contribution in [3.05, 3.63) is 29.1 Å². The summed E-state index contributed by atoms with van der Waals surface area (Å²) in [5, 5.41) is 12.7. The molecule has 1 heterocycles. The second-order valence-corrected chi connectivity index (χ2v) is 3.37. The molecular formula is C10H12FNO. The number of aliphatic hydroxyl groups excluding tert-OH is 1. The molecule has 2 N–H and O–H groups in total. The molecule has 0 amide bonds. The van der Waals surface area contributed by atoms with Crippen molar-refractivity contribution in [1.29, 1.82) is 0 Å². The van der Waals surface area contributed by atoms with Gasteiger partial charge in [0.05, 0.1) is 6.10 Å². The second-order valence-electron chi connectivity index (χ2n) is 3.37. The SMILES string of the molecule is Cc1c(F)ccc2c1NCCC2O. The van der Waals surface area contributed by atoms with E-state index in [1.165, 1.54) is 6.07 Å². The molecular weight excluding hydrogens is 169 g/mol. The standard InChI is InChI=1S/C10H12FNO/c1-6-8(11)3-2-7-9(13)4-5-12-10(6)7/h2-3,9,12-13H,4-5H2,1H3. The Morgan fingerprint density at radius 2 is 2.31 bits per heavy atom. The lowest BCUT2D eigenvalue weighted by Gasteiger charge is -2.24. The summed E-state index contributed by atoms with van der Waals surface area (Å²) in [7, 11) is 0. The maximum absolute atomic E-state index is 13.1. The second kappa shape index (κ2) is 3.00. The summed E-state index contributed by atoms with van der Waals surface area (Å²) in [6.07, 6.45) is 0.244. The van der Waals surface area contributed by atoms with Gasteiger partial charge in [-0.15, -0.1) is 0 Å². The number of fused-ring (bicyclic) bond motifs is 1. The predicted molar refractivity (Wildman–Crippen MR) is 49.2 cm³/mol. The Kier molecular flexibility index (Phi) is 1.96. The van der Waals surface area contributed by atoms with E-state index < -0.39 is 6.10 Å². The molecule has 0 saturated carbocycles. The molecule has 13 heavy (non-hydrogen) atoms. The largest absolute Gasteiger partial charge is 0.388 e. The Morgan fingerprint density at radius 1 is 1.54 bits per heavy atom. The third kappa shape index (κ3) is 1.29. The molecule has 1 aromatic rings. The number of aliphatic hydroxyl groups is 1. The molecule has 0 fully saturated rings. The third-order valence-corrected chi connectivity index (χ3v) is 2.51. The zero-order valence-electron chi connectivity index (χ0n) is 7.47. The van der Waals surface area contributed by atoms with Gasteiger partial charge < -0.3 is 10.4 Å². The molecule has 1 atom stereocenters. The number of hydrogen-bond acceptors (Lipinski definition) is 2. The molecule has 0 spiro atoms. The van der Waals surface area contributed by atoms with Gasteiger partial charge in [0.2, 0.25) is 0 Å². The molecule has 1 aliphatic heterocycles. The van der Waals surface area contributed by atoms with Crippen molar-refractivity contribution >= 4 is 5.69 Å². The average molecular weight is 181 g/mol. The normalized spacial score (nSPS) is 20.7. The minimum Gasteiger partial charge on any atom is -0.388 e. The van der Waals surface area contributed by atoms with Crippen LogP contribution in [0, 0.1) is 12.7 Å². The van der Waals surface area contributed by atoms with Gasteiger partial charge in [-0.1, -0.05) is 6.07 Å². The van der Waals surface area contributed by atoms with Crippen LogP contribution in [-0.4, -0.2) is 11.7 Å². The highest BCUT2D eigenvalue weighted by Crippen LogP contribution is 2.33. The van der Waals surface area contributed by atoms with Crippen molar-refractivity contribution in [3.63, 3.8) is 0 Å². The van der Waals surface area contributed by atoms with Gasteiger partial charge >= 0.3 is 0 Å². The first kappa shape index (κ1) is 8.51. The highest BCUT2D eigenvalue weighted by molar-refractivity contribution is 5.59. The van der Waals surface area contributed by atoms with E-state index in [0.29, 0.717) is 18.5 Å². The van der Waals surface area contributed by atoms with Gasteiger partial charge in [-0.3, -0.25) is 0 Å². The fourth-order valence-corrected chi connectivity index (χ4v) is 1.71. The van der Waals surface area contributed by atoms with Crippen molar-refractivity contribution in [1.82, 2.24) is 0 Å². The summed E-state index contributed by atoms with van der Waals surface area (Å²) < 4.78 is 13.1. The van der Waals surface area contributed by atoms with Crippen LogP contribution in [0.2, 0.25) is 0 Å². The van der Waals surface area contributed by atoms with E-state index in [9.17, 15) is 9.50 Å². The van der Waals surface area contributed by atoms with Crippen LogP contribution >= 0.6 is 0 Å². The highest BCUT2D eigenvalue weighted by atomic mass is 19.1. The van der Waals surface area contributed by atoms with Crippen molar-refractivity contribution in [3.8, 4) is 0 Å². The Balaban J connectivity index is 2.56. The molecule has 1 aromatic carbocycles. The van der Waals surface area contributed by atoms with Crippen molar-refractivity contribution in [2.45, 2.75) is 19.4 Å². The van der Waals surface area contributed by atoms with Crippen LogP contribution in [0.5, 0.6) is 0 Å². The van der Waals surface area contributed by atoms with E-state index in [-0.39, 0.29) is 5.82 Å². The van der Waals surface area contributed by atoms with Gasteiger partial charge in [-0.2, -0.15) is 0 Å². The van der Waals surface area contributed by atoms with E-state index in [0.717, 1.165) is 11.3 Å². The molecule has 1 unspecified atom stereocenters. The molecule has 2 rings (SSSR count). The van der Waals surface area contributed by atoms with E-state index in [1.54, 1.807) is 13.0 Å². The van der Waals surface area contributed by atoms with Gasteiger partial charge in [0, 0.05) is 23.4 Å². The lowest BCUT2D eigenvalue weighted by molar-refractivity contribution is 0.168. The van der Waals surface area contributed by atoms with Crippen LogP contribution < -0.4 is 5.32 Å². The quantitative estimate of drug-likeness (QED) is 0.641. The lowest BCUT2D eigenvalue weighted by atomic mass is 9.97. The minimum absolute atomic E-state index is 0.222. The van der Waals surface area contributed by atoms with Crippen LogP contribution in [-0.2, 0) is 0 Å². The maximum atomic E-state index is 13.1. The number of nitrogens with one attached hydrogen (secondary N) is 1. The van der Waals surface area contributed by atoms with Gasteiger partial charge in [0.25, 0.3) is 0 Å². The molecule has 1 aliphatic rings. The number of rotatable bonds is 0. The summed E-state index contributed by atoms with van der Waals surface area (Å²) in [4.78, 5) is 0. The number of anilines is 1. The van der Waals surface area contributed by atoms with Crippen LogP contribution in [0.25, 0.3) is 0 Å². The first-order chi connectivity index (χ1) is 6.20. The van der Waals surface area contributed by atoms with Gasteiger partial charge in [0.15, 0.2) is 0 Å². The monoisotopic (exact) mass is 181 g/mol. The average Bonchev–Trinajstić information content (AvgIpc) is 2.12. The summed E-state index contributed by atoms with van der Waals surface area (Å²) in [5.74, 6) is -0.222. The van der Waals surface area contributed by atoms with Crippen LogP contribution in [0.1, 0.15) is 23.7 Å². The number of benzene rings is 1. The van der Waals surface area contributed by atoms with Gasteiger partial charge in [0.1, 0.15) is 5.82 Å². The topological polar surface area (TPSA) is 32.3 Å². The summed E-state index contributed by atoms with van der Waals surface area (Å²) in [6.45, 7) is 2.43. The summed E-state index contributed by atoms with van der Waals surface area (Å²) in [6, 6.07) is 3.05. The molecule has 0 bridgehead atoms. The van der Waals surface area contributed by atoms with Crippen molar-refractivity contribution < 1.29 is 9.50 Å². The van der Waals surface area contributed by atoms with Crippen molar-refractivity contribution in [2.24, 2.45) is 0 Å². The Bertz CT molecular complexity index is 338. The van der Waals surface area contributed by atoms with Crippen LogP contribution in [0.3, 0.4) is 0 Å². The molecule has 0 aliphatic carbocycles. The van der Waals surface area contributed by atoms with Crippen molar-refractivity contribution in [2.75, 3.05) is 11.9 Å². The molecule has 2 nitrogen and oxygen atoms in total. The predicted octanol–water partition coefficient (Wildman–Crippen LogP) is 1.98. The highest BCUT2D eigenvalue weighted by Gasteiger charge is 2.20. The van der Waals surface area contributed by atoms with E-state index in [4.69, 9.17) is 0 Å². The molecule has 3 heteroatoms. The number of hydrogen-bond donors (Lipinski definition) is 2. The maximum Gasteiger partial charge on any atom is 0.128 e. The molecule has 70 valence electrons. The Morgan fingerprint density at radius 3 is 3.08 bits per heavy atom. The zero-order chi connectivity index (χ0) is 9.42. The van der Waals surface area contributed by atoms with Gasteiger partial charge in [-0.25, -0.2) is 4.39 Å². The van der Waals surface area contributed by atoms with E-state index in [2.05, 4.69) is 5.32 Å². The smallest absolute Gasteiger partial charge is 0.128 e. The fourth-order valence-electron chi connectivity index (χ4n) is 1.71. The van der Waals surface area contributed by atoms with Crippen LogP contribution in [0.15, 0.2) is 12.1 Å². The third-order valence-electron chi connectivity index (χ3n) is 2.51. The molecule has 0 radical (unpaired) electrons. The zero-order valence-corrected chi connectivity index (χ0v) is 7.47. The first-order valence-electron chi connectivity index (χ1n) is 4.41. The minimum atomic E-state index is -0.449. The summed E-state index contributed by atoms with van der Waals surface area (Å²) in [5.41, 5.74) is 2.17. The Hall–Kier alpha value is -1.09. The lowest BCUT2D eigenvalue weighted by Crippen LogP contribution is -2.17. The fraction of sp³-hybridized carbons (Fsp3) is 0.400. The first-order valence-corrected chi connectivity index (χ1v) is 4.41. The van der Waals surface area contributed by atoms with Crippen LogP contribution in [0.4, 0.5) is 10.1 Å². The van der Waals surface area contributed by atoms with E-state index >= 15 is 0 Å². The molecule has 0 aromatic heterocycles. The number of halogens is 1. The molecule has 0 saturated heterocycles.